The third kappa shape index (κ3) is 12.9. The lowest BCUT2D eigenvalue weighted by atomic mass is 10.1. The second-order valence-electron chi connectivity index (χ2n) is 6.60. The second-order valence-corrected chi connectivity index (χ2v) is 8.24. The van der Waals surface area contributed by atoms with Gasteiger partial charge in [0, 0.05) is 0 Å². The Hall–Kier alpha value is -1.07. The van der Waals surface area contributed by atoms with E-state index in [2.05, 4.69) is 6.92 Å². The average Bonchev–Trinajstić information content (AvgIpc) is 2.57. The Labute approximate surface area is 154 Å². The highest BCUT2D eigenvalue weighted by Crippen LogP contribution is 2.14. The SMILES string of the molecule is CCCCCCCCCCCOc1ccc(CCOS(C)(=O)=O)cc1. The molecule has 0 amide bonds. The van der Waals surface area contributed by atoms with Crippen molar-refractivity contribution in [1.29, 1.82) is 0 Å². The van der Waals surface area contributed by atoms with E-state index in [1.165, 1.54) is 51.4 Å². The van der Waals surface area contributed by atoms with Gasteiger partial charge in [-0.25, -0.2) is 0 Å². The fourth-order valence-corrected chi connectivity index (χ4v) is 3.05. The van der Waals surface area contributed by atoms with Gasteiger partial charge in [-0.1, -0.05) is 70.4 Å². The molecule has 0 radical (unpaired) electrons. The Kier molecular flexibility index (Phi) is 11.6. The Morgan fingerprint density at radius 3 is 1.92 bits per heavy atom. The molecule has 0 spiro atoms. The van der Waals surface area contributed by atoms with Gasteiger partial charge in [0.2, 0.25) is 0 Å². The highest BCUT2D eigenvalue weighted by atomic mass is 32.2. The molecule has 0 aliphatic heterocycles. The number of hydrogen-bond acceptors (Lipinski definition) is 4. The summed E-state index contributed by atoms with van der Waals surface area (Å²) in [5.74, 6) is 0.868. The van der Waals surface area contributed by atoms with E-state index in [0.717, 1.165) is 30.6 Å². The van der Waals surface area contributed by atoms with Crippen LogP contribution in [0.1, 0.15) is 70.3 Å². The average molecular weight is 371 g/mol. The Bertz CT molecular complexity index is 537. The van der Waals surface area contributed by atoms with Crippen LogP contribution in [0.3, 0.4) is 0 Å². The Balaban J connectivity index is 2.04. The van der Waals surface area contributed by atoms with Crippen molar-refractivity contribution >= 4 is 10.1 Å². The van der Waals surface area contributed by atoms with Gasteiger partial charge >= 0.3 is 0 Å². The van der Waals surface area contributed by atoms with Crippen LogP contribution in [0.5, 0.6) is 5.75 Å². The number of ether oxygens (including phenoxy) is 1. The van der Waals surface area contributed by atoms with Gasteiger partial charge < -0.3 is 4.74 Å². The third-order valence-corrected chi connectivity index (χ3v) is 4.72. The zero-order chi connectivity index (χ0) is 18.4. The maximum atomic E-state index is 10.9. The highest BCUT2D eigenvalue weighted by molar-refractivity contribution is 7.85. The van der Waals surface area contributed by atoms with Crippen molar-refractivity contribution in [3.8, 4) is 5.75 Å². The number of benzene rings is 1. The number of hydrogen-bond donors (Lipinski definition) is 0. The van der Waals surface area contributed by atoms with E-state index in [0.29, 0.717) is 6.42 Å². The molecule has 25 heavy (non-hydrogen) atoms. The Morgan fingerprint density at radius 1 is 0.800 bits per heavy atom. The van der Waals surface area contributed by atoms with Crippen molar-refractivity contribution in [2.75, 3.05) is 19.5 Å². The van der Waals surface area contributed by atoms with Crippen LogP contribution in [0.2, 0.25) is 0 Å². The molecule has 0 bridgehead atoms. The van der Waals surface area contributed by atoms with Gasteiger partial charge in [-0.3, -0.25) is 4.18 Å². The summed E-state index contributed by atoms with van der Waals surface area (Å²) < 4.78 is 32.3. The standard InChI is InChI=1S/C20H34O4S/c1-3-4-5-6-7-8-9-10-11-17-23-20-14-12-19(13-15-20)16-18-24-25(2,21)22/h12-15H,3-11,16-18H2,1-2H3. The van der Waals surface area contributed by atoms with E-state index in [4.69, 9.17) is 8.92 Å². The van der Waals surface area contributed by atoms with Gasteiger partial charge in [0.25, 0.3) is 10.1 Å². The zero-order valence-corrected chi connectivity index (χ0v) is 16.7. The molecule has 0 saturated heterocycles. The van der Waals surface area contributed by atoms with Gasteiger partial charge in [0.05, 0.1) is 19.5 Å². The molecule has 0 N–H and O–H groups in total. The van der Waals surface area contributed by atoms with Gasteiger partial charge in [-0.05, 0) is 30.5 Å². The van der Waals surface area contributed by atoms with Gasteiger partial charge in [0.15, 0.2) is 0 Å². The highest BCUT2D eigenvalue weighted by Gasteiger charge is 2.02. The lowest BCUT2D eigenvalue weighted by Crippen LogP contribution is -2.06. The molecule has 144 valence electrons. The molecule has 0 fully saturated rings. The second kappa shape index (κ2) is 13.2. The van der Waals surface area contributed by atoms with Crippen LogP contribution in [0.4, 0.5) is 0 Å². The molecule has 0 heterocycles. The fraction of sp³-hybridized carbons (Fsp3) is 0.700. The van der Waals surface area contributed by atoms with Gasteiger partial charge in [0.1, 0.15) is 5.75 Å². The van der Waals surface area contributed by atoms with Gasteiger partial charge in [-0.2, -0.15) is 8.42 Å². The molecule has 1 aromatic carbocycles. The summed E-state index contributed by atoms with van der Waals surface area (Å²) in [6.07, 6.45) is 13.4. The molecular formula is C20H34O4S. The van der Waals surface area contributed by atoms with Crippen molar-refractivity contribution in [2.24, 2.45) is 0 Å². The molecule has 0 saturated carbocycles. The topological polar surface area (TPSA) is 52.6 Å². The molecule has 0 aromatic heterocycles. The van der Waals surface area contributed by atoms with E-state index >= 15 is 0 Å². The molecule has 4 nitrogen and oxygen atoms in total. The first kappa shape index (κ1) is 22.0. The third-order valence-electron chi connectivity index (χ3n) is 4.13. The molecule has 0 aliphatic rings. The smallest absolute Gasteiger partial charge is 0.264 e. The summed E-state index contributed by atoms with van der Waals surface area (Å²) in [6.45, 7) is 3.19. The first-order valence-corrected chi connectivity index (χ1v) is 11.4. The lowest BCUT2D eigenvalue weighted by Gasteiger charge is -2.07. The monoisotopic (exact) mass is 370 g/mol. The van der Waals surface area contributed by atoms with Gasteiger partial charge in [-0.15, -0.1) is 0 Å². The minimum atomic E-state index is -3.36. The van der Waals surface area contributed by atoms with E-state index in [1.54, 1.807) is 0 Å². The fourth-order valence-electron chi connectivity index (χ4n) is 2.67. The van der Waals surface area contributed by atoms with Crippen LogP contribution in [0.25, 0.3) is 0 Å². The van der Waals surface area contributed by atoms with Crippen LogP contribution in [0, 0.1) is 0 Å². The summed E-state index contributed by atoms with van der Waals surface area (Å²) in [6, 6.07) is 7.78. The van der Waals surface area contributed by atoms with E-state index in [-0.39, 0.29) is 6.61 Å². The van der Waals surface area contributed by atoms with Crippen molar-refractivity contribution in [3.05, 3.63) is 29.8 Å². The summed E-state index contributed by atoms with van der Waals surface area (Å²) in [7, 11) is -3.36. The first-order chi connectivity index (χ1) is 12.0. The van der Waals surface area contributed by atoms with E-state index in [9.17, 15) is 8.42 Å². The maximum Gasteiger partial charge on any atom is 0.264 e. The molecule has 1 aromatic rings. The molecule has 1 rings (SSSR count). The summed E-state index contributed by atoms with van der Waals surface area (Å²) in [4.78, 5) is 0. The predicted molar refractivity (Wildman–Crippen MR) is 104 cm³/mol. The zero-order valence-electron chi connectivity index (χ0n) is 15.8. The minimum absolute atomic E-state index is 0.178. The van der Waals surface area contributed by atoms with Crippen LogP contribution in [-0.4, -0.2) is 27.9 Å². The van der Waals surface area contributed by atoms with Crippen LogP contribution < -0.4 is 4.74 Å². The maximum absolute atomic E-state index is 10.9. The molecule has 0 unspecified atom stereocenters. The van der Waals surface area contributed by atoms with Crippen LogP contribution >= 0.6 is 0 Å². The van der Waals surface area contributed by atoms with Crippen LogP contribution in [0.15, 0.2) is 24.3 Å². The first-order valence-electron chi connectivity index (χ1n) is 9.57. The summed E-state index contributed by atoms with van der Waals surface area (Å²) in [5.41, 5.74) is 1.04. The largest absolute Gasteiger partial charge is 0.494 e. The minimum Gasteiger partial charge on any atom is -0.494 e. The van der Waals surface area contributed by atoms with E-state index in [1.807, 2.05) is 24.3 Å². The van der Waals surface area contributed by atoms with Crippen molar-refractivity contribution in [1.82, 2.24) is 0 Å². The quantitative estimate of drug-likeness (QED) is 0.318. The molecule has 5 heteroatoms. The van der Waals surface area contributed by atoms with Crippen molar-refractivity contribution in [2.45, 2.75) is 71.1 Å². The summed E-state index contributed by atoms with van der Waals surface area (Å²) >= 11 is 0. The Morgan fingerprint density at radius 2 is 1.36 bits per heavy atom. The molecule has 0 atom stereocenters. The normalized spacial score (nSPS) is 11.6. The predicted octanol–water partition coefficient (Wildman–Crippen LogP) is 5.11. The summed E-state index contributed by atoms with van der Waals surface area (Å²) in [5, 5.41) is 0. The van der Waals surface area contributed by atoms with Crippen molar-refractivity contribution < 1.29 is 17.3 Å². The number of rotatable bonds is 15. The molecule has 0 aliphatic carbocycles. The van der Waals surface area contributed by atoms with E-state index < -0.39 is 10.1 Å². The molecular weight excluding hydrogens is 336 g/mol. The lowest BCUT2D eigenvalue weighted by molar-refractivity contribution is 0.304. The van der Waals surface area contributed by atoms with Crippen molar-refractivity contribution in [3.63, 3.8) is 0 Å². The number of unbranched alkanes of at least 4 members (excludes halogenated alkanes) is 8. The van der Waals surface area contributed by atoms with Crippen LogP contribution in [-0.2, 0) is 20.7 Å².